The number of aliphatic carboxylic acids is 1. The molecule has 33 heavy (non-hydrogen) atoms. The second-order valence-electron chi connectivity index (χ2n) is 8.52. The van der Waals surface area contributed by atoms with Crippen molar-refractivity contribution >= 4 is 30.7 Å². The maximum Gasteiger partial charge on any atom is 0.410 e. The van der Waals surface area contributed by atoms with Gasteiger partial charge in [-0.05, 0) is 33.3 Å². The quantitative estimate of drug-likeness (QED) is 0.553. The number of carboxylic acid groups (broad SMARTS) is 1. The molecule has 3 amide bonds. The van der Waals surface area contributed by atoms with Gasteiger partial charge in [0.15, 0.2) is 0 Å². The lowest BCUT2D eigenvalue weighted by atomic mass is 10.0. The van der Waals surface area contributed by atoms with E-state index in [-0.39, 0.29) is 11.6 Å². The van der Waals surface area contributed by atoms with Crippen LogP contribution in [0.2, 0.25) is 0 Å². The molecule has 1 saturated heterocycles. The molecule has 9 nitrogen and oxygen atoms in total. The van der Waals surface area contributed by atoms with Crippen LogP contribution < -0.4 is 0 Å². The summed E-state index contributed by atoms with van der Waals surface area (Å²) in [7, 11) is 0. The van der Waals surface area contributed by atoms with Gasteiger partial charge in [0.2, 0.25) is 0 Å². The molecule has 1 fully saturated rings. The molecule has 182 valence electrons. The lowest BCUT2D eigenvalue weighted by molar-refractivity contribution is -0.148. The van der Waals surface area contributed by atoms with Gasteiger partial charge in [0.25, 0.3) is 0 Å². The first-order valence-electron chi connectivity index (χ1n) is 10.8. The minimum absolute atomic E-state index is 0.0832. The van der Waals surface area contributed by atoms with Crippen molar-refractivity contribution in [3.05, 3.63) is 47.5 Å². The summed E-state index contributed by atoms with van der Waals surface area (Å²) in [5, 5.41) is 9.82. The number of urea groups is 1. The van der Waals surface area contributed by atoms with Crippen LogP contribution in [0.1, 0.15) is 39.4 Å². The Balaban J connectivity index is 2.35. The molecule has 2 rings (SSSR count). The molecule has 0 bridgehead atoms. The topological polar surface area (TPSA) is 99.6 Å². The third-order valence-electron chi connectivity index (χ3n) is 5.42. The van der Waals surface area contributed by atoms with Gasteiger partial charge in [0.05, 0.1) is 24.8 Å². The fourth-order valence-corrected chi connectivity index (χ4v) is 3.79. The first-order chi connectivity index (χ1) is 15.5. The lowest BCUT2D eigenvalue weighted by Crippen LogP contribution is -2.59. The van der Waals surface area contributed by atoms with E-state index in [0.29, 0.717) is 31.9 Å². The van der Waals surface area contributed by atoms with Crippen LogP contribution in [0.25, 0.3) is 0 Å². The maximum atomic E-state index is 13.5. The maximum absolute atomic E-state index is 13.5. The second kappa shape index (κ2) is 11.4. The normalized spacial score (nSPS) is 15.0. The van der Waals surface area contributed by atoms with Gasteiger partial charge in [-0.15, -0.1) is 12.6 Å². The molecule has 1 N–H and O–H groups in total. The van der Waals surface area contributed by atoms with Gasteiger partial charge in [0.1, 0.15) is 11.6 Å². The fraction of sp³-hybridized carbons (Fsp3) is 0.522. The Kier molecular flexibility index (Phi) is 9.18. The summed E-state index contributed by atoms with van der Waals surface area (Å²) in [5.41, 5.74) is -0.806. The van der Waals surface area contributed by atoms with Gasteiger partial charge >= 0.3 is 18.1 Å². The zero-order chi connectivity index (χ0) is 24.8. The Bertz CT molecular complexity index is 855. The molecule has 1 heterocycles. The Morgan fingerprint density at radius 1 is 1.21 bits per heavy atom. The Labute approximate surface area is 200 Å². The highest BCUT2D eigenvalue weighted by Gasteiger charge is 2.42. The summed E-state index contributed by atoms with van der Waals surface area (Å²) in [5.74, 6) is -1.15. The third-order valence-corrected chi connectivity index (χ3v) is 5.66. The van der Waals surface area contributed by atoms with Crippen LogP contribution in [-0.4, -0.2) is 82.3 Å². The number of ether oxygens (including phenoxy) is 2. The lowest BCUT2D eigenvalue weighted by Gasteiger charge is -2.42. The molecule has 0 aliphatic carbocycles. The van der Waals surface area contributed by atoms with Gasteiger partial charge in [-0.25, -0.2) is 14.4 Å². The van der Waals surface area contributed by atoms with Crippen LogP contribution in [0.5, 0.6) is 0 Å². The van der Waals surface area contributed by atoms with Crippen molar-refractivity contribution in [2.24, 2.45) is 0 Å². The van der Waals surface area contributed by atoms with Crippen molar-refractivity contribution in [2.45, 2.75) is 45.4 Å². The molecular formula is C23H33N3O6S. The number of nitrogens with zero attached hydrogens (tertiary/aromatic N) is 3. The Morgan fingerprint density at radius 3 is 2.27 bits per heavy atom. The number of carbonyl (C=O) groups excluding carboxylic acids is 2. The van der Waals surface area contributed by atoms with E-state index in [0.717, 1.165) is 0 Å². The van der Waals surface area contributed by atoms with Gasteiger partial charge in [-0.1, -0.05) is 36.9 Å². The summed E-state index contributed by atoms with van der Waals surface area (Å²) in [6.07, 6.45) is -1.34. The highest BCUT2D eigenvalue weighted by atomic mass is 32.1. The summed E-state index contributed by atoms with van der Waals surface area (Å²) in [4.78, 5) is 42.3. The molecule has 1 atom stereocenters. The number of carboxylic acids is 1. The fourth-order valence-electron chi connectivity index (χ4n) is 3.62. The third kappa shape index (κ3) is 6.64. The van der Waals surface area contributed by atoms with Gasteiger partial charge in [0, 0.05) is 19.1 Å². The molecule has 0 unspecified atom stereocenters. The molecular weight excluding hydrogens is 446 g/mol. The summed E-state index contributed by atoms with van der Waals surface area (Å²) in [6.45, 7) is 11.8. The van der Waals surface area contributed by atoms with E-state index >= 15 is 0 Å². The SMILES string of the molecule is C=C(S)N(C[C@H](OC(=O)N1CCOCC1)c1ccccc1)C(=O)N(C(C)C)C(C)(C)C(=O)O. The van der Waals surface area contributed by atoms with Crippen LogP contribution in [0.3, 0.4) is 0 Å². The van der Waals surface area contributed by atoms with Crippen molar-refractivity contribution in [3.8, 4) is 0 Å². The van der Waals surface area contributed by atoms with E-state index in [4.69, 9.17) is 9.47 Å². The number of benzene rings is 1. The highest BCUT2D eigenvalue weighted by Crippen LogP contribution is 2.27. The van der Waals surface area contributed by atoms with Crippen molar-refractivity contribution in [3.63, 3.8) is 0 Å². The van der Waals surface area contributed by atoms with Crippen LogP contribution >= 0.6 is 12.6 Å². The molecule has 1 aromatic rings. The molecule has 1 aliphatic heterocycles. The first kappa shape index (κ1) is 26.5. The predicted octanol–water partition coefficient (Wildman–Crippen LogP) is 3.59. The number of hydrogen-bond acceptors (Lipinski definition) is 6. The molecule has 0 radical (unpaired) electrons. The molecule has 0 spiro atoms. The highest BCUT2D eigenvalue weighted by molar-refractivity contribution is 7.84. The zero-order valence-electron chi connectivity index (χ0n) is 19.6. The van der Waals surface area contributed by atoms with E-state index in [1.54, 1.807) is 43.0 Å². The minimum atomic E-state index is -1.49. The molecule has 1 aromatic carbocycles. The van der Waals surface area contributed by atoms with Gasteiger partial charge in [-0.3, -0.25) is 4.90 Å². The Hall–Kier alpha value is -2.72. The van der Waals surface area contributed by atoms with Gasteiger partial charge < -0.3 is 24.4 Å². The van der Waals surface area contributed by atoms with Crippen molar-refractivity contribution in [2.75, 3.05) is 32.8 Å². The molecule has 1 aliphatic rings. The number of morpholine rings is 1. The van der Waals surface area contributed by atoms with E-state index in [1.807, 2.05) is 6.07 Å². The number of thiol groups is 1. The first-order valence-corrected chi connectivity index (χ1v) is 11.2. The van der Waals surface area contributed by atoms with Crippen LogP contribution in [0.15, 0.2) is 41.9 Å². The minimum Gasteiger partial charge on any atom is -0.480 e. The number of amides is 3. The van der Waals surface area contributed by atoms with Gasteiger partial charge in [-0.2, -0.15) is 0 Å². The van der Waals surface area contributed by atoms with Crippen molar-refractivity contribution in [1.82, 2.24) is 14.7 Å². The molecule has 0 saturated carbocycles. The van der Waals surface area contributed by atoms with Crippen LogP contribution in [0.4, 0.5) is 9.59 Å². The molecule has 0 aromatic heterocycles. The van der Waals surface area contributed by atoms with E-state index in [1.165, 1.54) is 23.6 Å². The number of carbonyl (C=O) groups is 3. The number of rotatable bonds is 8. The van der Waals surface area contributed by atoms with E-state index < -0.39 is 35.8 Å². The largest absolute Gasteiger partial charge is 0.480 e. The van der Waals surface area contributed by atoms with Crippen molar-refractivity contribution in [1.29, 1.82) is 0 Å². The standard InChI is InChI=1S/C23H33N3O6S/c1-16(2)26(23(4,5)20(27)28)21(29)25(17(3)33)15-19(18-9-7-6-8-10-18)32-22(30)24-11-13-31-14-12-24/h6-10,16,19,33H,3,11-15H2,1-2,4-5H3,(H,27,28)/t19-/m0/s1. The number of hydrogen-bond donors (Lipinski definition) is 2. The Morgan fingerprint density at radius 2 is 1.79 bits per heavy atom. The predicted molar refractivity (Wildman–Crippen MR) is 127 cm³/mol. The summed E-state index contributed by atoms with van der Waals surface area (Å²) < 4.78 is 11.1. The summed E-state index contributed by atoms with van der Waals surface area (Å²) >= 11 is 4.29. The summed E-state index contributed by atoms with van der Waals surface area (Å²) in [6, 6.07) is 8.01. The van der Waals surface area contributed by atoms with Crippen LogP contribution in [-0.2, 0) is 14.3 Å². The monoisotopic (exact) mass is 479 g/mol. The molecule has 10 heteroatoms. The average molecular weight is 480 g/mol. The average Bonchev–Trinajstić information content (AvgIpc) is 2.76. The smallest absolute Gasteiger partial charge is 0.410 e. The van der Waals surface area contributed by atoms with Crippen molar-refractivity contribution < 1.29 is 29.0 Å². The van der Waals surface area contributed by atoms with E-state index in [2.05, 4.69) is 19.2 Å². The second-order valence-corrected chi connectivity index (χ2v) is 9.04. The van der Waals surface area contributed by atoms with Crippen LogP contribution in [0, 0.1) is 0 Å². The zero-order valence-corrected chi connectivity index (χ0v) is 20.5. The van der Waals surface area contributed by atoms with E-state index in [9.17, 15) is 19.5 Å².